The Kier molecular flexibility index (Phi) is 5.33. The van der Waals surface area contributed by atoms with Gasteiger partial charge in [0.15, 0.2) is 0 Å². The maximum atomic E-state index is 12.2. The molecule has 0 bridgehead atoms. The van der Waals surface area contributed by atoms with E-state index in [1.165, 1.54) is 0 Å². The molecule has 0 fully saturated rings. The highest BCUT2D eigenvalue weighted by atomic mass is 28.3. The highest BCUT2D eigenvalue weighted by Gasteiger charge is 2.58. The highest BCUT2D eigenvalue weighted by Crippen LogP contribution is 2.53. The van der Waals surface area contributed by atoms with Crippen molar-refractivity contribution in [2.45, 2.75) is 84.2 Å². The molecule has 0 saturated heterocycles. The van der Waals surface area contributed by atoms with Crippen molar-refractivity contribution in [2.75, 3.05) is 0 Å². The lowest BCUT2D eigenvalue weighted by molar-refractivity contribution is -0.158. The van der Waals surface area contributed by atoms with Crippen molar-refractivity contribution in [3.8, 4) is 0 Å². The van der Waals surface area contributed by atoms with Gasteiger partial charge in [0, 0.05) is 0 Å². The van der Waals surface area contributed by atoms with Crippen LogP contribution in [0.25, 0.3) is 0 Å². The molecule has 0 saturated carbocycles. The second-order valence-electron chi connectivity index (χ2n) is 8.73. The van der Waals surface area contributed by atoms with E-state index in [1.54, 1.807) is 0 Å². The zero-order valence-corrected chi connectivity index (χ0v) is 16.9. The van der Waals surface area contributed by atoms with E-state index in [0.29, 0.717) is 0 Å². The second-order valence-corrected chi connectivity index (χ2v) is 19.9. The van der Waals surface area contributed by atoms with Crippen molar-refractivity contribution in [1.29, 1.82) is 0 Å². The van der Waals surface area contributed by atoms with Crippen LogP contribution in [0.4, 0.5) is 0 Å². The quantitative estimate of drug-likeness (QED) is 0.531. The molecule has 0 N–H and O–H groups in total. The monoisotopic (exact) mass is 302 g/mol. The van der Waals surface area contributed by atoms with E-state index in [2.05, 4.69) is 60.1 Å². The van der Waals surface area contributed by atoms with Gasteiger partial charge in [-0.1, -0.05) is 67.0 Å². The van der Waals surface area contributed by atoms with Crippen LogP contribution in [0, 0.1) is 5.92 Å². The standard InChI is InChI=1S/C15H34O2Si2/c1-12(2)13(16)17-15(5,19(9,10)11)14(3,4)18(6,7)8/h12H,1-11H3. The Hall–Kier alpha value is -0.0962. The first kappa shape index (κ1) is 18.9. The van der Waals surface area contributed by atoms with Crippen LogP contribution in [-0.2, 0) is 9.53 Å². The molecule has 19 heavy (non-hydrogen) atoms. The van der Waals surface area contributed by atoms with Crippen LogP contribution in [0.1, 0.15) is 34.6 Å². The average molecular weight is 303 g/mol. The molecule has 0 heterocycles. The lowest BCUT2D eigenvalue weighted by Crippen LogP contribution is -2.65. The Bertz CT molecular complexity index is 335. The summed E-state index contributed by atoms with van der Waals surface area (Å²) in [7, 11) is -3.15. The molecule has 114 valence electrons. The van der Waals surface area contributed by atoms with E-state index in [-0.39, 0.29) is 22.1 Å². The van der Waals surface area contributed by atoms with E-state index in [9.17, 15) is 4.79 Å². The summed E-state index contributed by atoms with van der Waals surface area (Å²) in [6, 6.07) is 0. The maximum absolute atomic E-state index is 12.2. The van der Waals surface area contributed by atoms with Gasteiger partial charge in [-0.2, -0.15) is 0 Å². The van der Waals surface area contributed by atoms with Crippen LogP contribution in [-0.4, -0.2) is 27.3 Å². The van der Waals surface area contributed by atoms with Crippen LogP contribution in [0.2, 0.25) is 44.3 Å². The summed E-state index contributed by atoms with van der Waals surface area (Å²) in [6.45, 7) is 24.6. The van der Waals surface area contributed by atoms with Crippen molar-refractivity contribution in [3.63, 3.8) is 0 Å². The molecule has 1 unspecified atom stereocenters. The first-order chi connectivity index (χ1) is 8.08. The molecule has 0 aromatic carbocycles. The van der Waals surface area contributed by atoms with Gasteiger partial charge < -0.3 is 4.74 Å². The van der Waals surface area contributed by atoms with E-state index in [1.807, 2.05) is 13.8 Å². The van der Waals surface area contributed by atoms with Gasteiger partial charge in [0.25, 0.3) is 0 Å². The van der Waals surface area contributed by atoms with E-state index in [4.69, 9.17) is 4.74 Å². The Balaban J connectivity index is 5.77. The topological polar surface area (TPSA) is 26.3 Å². The van der Waals surface area contributed by atoms with Crippen molar-refractivity contribution >= 4 is 22.1 Å². The molecule has 0 rings (SSSR count). The molecule has 0 aliphatic carbocycles. The van der Waals surface area contributed by atoms with Gasteiger partial charge in [-0.15, -0.1) is 0 Å². The molecule has 0 aromatic rings. The van der Waals surface area contributed by atoms with E-state index in [0.717, 1.165) is 0 Å². The van der Waals surface area contributed by atoms with Crippen LogP contribution in [0.15, 0.2) is 0 Å². The van der Waals surface area contributed by atoms with Crippen LogP contribution in [0.5, 0.6) is 0 Å². The smallest absolute Gasteiger partial charge is 0.308 e. The summed E-state index contributed by atoms with van der Waals surface area (Å²) in [5, 5.41) is -0.277. The molecular formula is C15H34O2Si2. The molecule has 2 nitrogen and oxygen atoms in total. The van der Waals surface area contributed by atoms with Crippen LogP contribution < -0.4 is 0 Å². The Labute approximate surface area is 122 Å². The maximum Gasteiger partial charge on any atom is 0.308 e. The summed E-state index contributed by atoms with van der Waals surface area (Å²) < 4.78 is 6.11. The number of carbonyl (C=O) groups is 1. The number of carbonyl (C=O) groups excluding carboxylic acids is 1. The van der Waals surface area contributed by atoms with Gasteiger partial charge in [0.1, 0.15) is 0 Å². The van der Waals surface area contributed by atoms with Crippen molar-refractivity contribution < 1.29 is 9.53 Å². The Morgan fingerprint density at radius 1 is 0.895 bits per heavy atom. The minimum absolute atomic E-state index is 0.0506. The van der Waals surface area contributed by atoms with E-state index < -0.39 is 16.1 Å². The summed E-state index contributed by atoms with van der Waals surface area (Å²) in [5.74, 6) is -0.121. The summed E-state index contributed by atoms with van der Waals surface area (Å²) >= 11 is 0. The fourth-order valence-electron chi connectivity index (χ4n) is 2.25. The molecular weight excluding hydrogens is 268 g/mol. The lowest BCUT2D eigenvalue weighted by atomic mass is 10.1. The first-order valence-corrected chi connectivity index (χ1v) is 14.3. The largest absolute Gasteiger partial charge is 0.463 e. The normalized spacial score (nSPS) is 17.3. The minimum atomic E-state index is -1.67. The number of ether oxygens (including phenoxy) is 1. The molecule has 0 amide bonds. The Morgan fingerprint density at radius 2 is 1.26 bits per heavy atom. The second kappa shape index (κ2) is 5.36. The van der Waals surface area contributed by atoms with Crippen molar-refractivity contribution in [1.82, 2.24) is 0 Å². The number of esters is 1. The van der Waals surface area contributed by atoms with Crippen LogP contribution in [0.3, 0.4) is 0 Å². The van der Waals surface area contributed by atoms with Crippen molar-refractivity contribution in [2.24, 2.45) is 5.92 Å². The summed E-state index contributed by atoms with van der Waals surface area (Å²) in [4.78, 5) is 12.2. The SMILES string of the molecule is CC(C)C(=O)OC(C)(C(C)(C)[Si](C)(C)C)[Si](C)(C)C. The zero-order chi connectivity index (χ0) is 15.9. The third-order valence-electron chi connectivity index (χ3n) is 5.27. The summed E-state index contributed by atoms with van der Waals surface area (Å²) in [5.41, 5.74) is 0. The molecule has 1 atom stereocenters. The van der Waals surface area contributed by atoms with Gasteiger partial charge in [-0.25, -0.2) is 0 Å². The minimum Gasteiger partial charge on any atom is -0.463 e. The molecule has 0 aromatic heterocycles. The van der Waals surface area contributed by atoms with Gasteiger partial charge in [0.05, 0.1) is 27.3 Å². The first-order valence-electron chi connectivity index (χ1n) is 7.31. The average Bonchev–Trinajstić information content (AvgIpc) is 2.13. The van der Waals surface area contributed by atoms with Crippen LogP contribution >= 0.6 is 0 Å². The van der Waals surface area contributed by atoms with Gasteiger partial charge in [0.2, 0.25) is 0 Å². The zero-order valence-electron chi connectivity index (χ0n) is 14.9. The third kappa shape index (κ3) is 3.51. The molecule has 0 aliphatic rings. The third-order valence-corrected chi connectivity index (χ3v) is 13.3. The molecule has 0 radical (unpaired) electrons. The number of rotatable bonds is 5. The Morgan fingerprint density at radius 3 is 1.47 bits per heavy atom. The van der Waals surface area contributed by atoms with E-state index >= 15 is 0 Å². The summed E-state index contributed by atoms with van der Waals surface area (Å²) in [6.07, 6.45) is 0. The molecule has 0 spiro atoms. The van der Waals surface area contributed by atoms with Gasteiger partial charge in [-0.3, -0.25) is 4.79 Å². The molecule has 4 heteroatoms. The lowest BCUT2D eigenvalue weighted by Gasteiger charge is -2.56. The number of hydrogen-bond acceptors (Lipinski definition) is 2. The fourth-order valence-corrected chi connectivity index (χ4v) is 8.27. The number of hydrogen-bond donors (Lipinski definition) is 0. The van der Waals surface area contributed by atoms with Crippen molar-refractivity contribution in [3.05, 3.63) is 0 Å². The predicted molar refractivity (Wildman–Crippen MR) is 90.1 cm³/mol. The molecule has 0 aliphatic heterocycles. The highest BCUT2D eigenvalue weighted by molar-refractivity contribution is 6.85. The van der Waals surface area contributed by atoms with Gasteiger partial charge >= 0.3 is 5.97 Å². The predicted octanol–water partition coefficient (Wildman–Crippen LogP) is 4.94. The fraction of sp³-hybridized carbons (Fsp3) is 0.933. The van der Waals surface area contributed by atoms with Gasteiger partial charge in [-0.05, 0) is 12.0 Å².